The number of nitrogens with one attached hydrogen (secondary N) is 1. The Balaban J connectivity index is 1.04. The highest BCUT2D eigenvalue weighted by atomic mass is 32.2. The molecule has 220 valence electrons. The number of thiocarbonyl (C=S) groups is 1. The SMILES string of the molecule is COc1cc(/C=C2\SC(=S)N(Cc3ccco3)C2=O)ccc1OCC(=O)Nc1nc2c(s1)CN(Cc1ccccc1)CC2. The number of carbonyl (C=O) groups is 2. The van der Waals surface area contributed by atoms with Gasteiger partial charge in [0.25, 0.3) is 11.8 Å². The number of carbonyl (C=O) groups excluding carboxylic acids is 2. The first-order valence-electron chi connectivity index (χ1n) is 13.6. The second-order valence-corrected chi connectivity index (χ2v) is 12.7. The maximum Gasteiger partial charge on any atom is 0.266 e. The molecule has 0 saturated carbocycles. The van der Waals surface area contributed by atoms with Crippen molar-refractivity contribution in [2.75, 3.05) is 25.6 Å². The van der Waals surface area contributed by atoms with Gasteiger partial charge in [0.15, 0.2) is 23.2 Å². The number of thioether (sulfide) groups is 1. The van der Waals surface area contributed by atoms with Crippen LogP contribution < -0.4 is 14.8 Å². The highest BCUT2D eigenvalue weighted by Crippen LogP contribution is 2.36. The van der Waals surface area contributed by atoms with Crippen LogP contribution in [-0.2, 0) is 35.6 Å². The number of benzene rings is 2. The van der Waals surface area contributed by atoms with Crippen LogP contribution in [0.15, 0.2) is 76.2 Å². The van der Waals surface area contributed by atoms with Crippen LogP contribution in [0.4, 0.5) is 5.13 Å². The van der Waals surface area contributed by atoms with E-state index in [0.29, 0.717) is 31.6 Å². The van der Waals surface area contributed by atoms with Crippen molar-refractivity contribution in [2.24, 2.45) is 0 Å². The molecule has 0 radical (unpaired) electrons. The largest absolute Gasteiger partial charge is 0.493 e. The van der Waals surface area contributed by atoms with Gasteiger partial charge in [-0.05, 0) is 41.5 Å². The van der Waals surface area contributed by atoms with Gasteiger partial charge >= 0.3 is 0 Å². The number of aromatic nitrogens is 1. The number of anilines is 1. The van der Waals surface area contributed by atoms with Crippen molar-refractivity contribution in [1.82, 2.24) is 14.8 Å². The molecule has 0 atom stereocenters. The van der Waals surface area contributed by atoms with Crippen LogP contribution >= 0.6 is 35.3 Å². The minimum Gasteiger partial charge on any atom is -0.493 e. The van der Waals surface area contributed by atoms with Gasteiger partial charge in [0, 0.05) is 30.9 Å². The topological polar surface area (TPSA) is 97.1 Å². The number of hydrogen-bond acceptors (Lipinski definition) is 10. The Bertz CT molecular complexity index is 1670. The van der Waals surface area contributed by atoms with E-state index in [2.05, 4.69) is 39.5 Å². The van der Waals surface area contributed by atoms with E-state index >= 15 is 0 Å². The molecule has 4 heterocycles. The molecule has 2 aliphatic heterocycles. The van der Waals surface area contributed by atoms with Gasteiger partial charge in [-0.1, -0.05) is 60.4 Å². The van der Waals surface area contributed by atoms with Gasteiger partial charge in [0.05, 0.1) is 30.5 Å². The first kappa shape index (κ1) is 29.1. The summed E-state index contributed by atoms with van der Waals surface area (Å²) in [4.78, 5) is 35.9. The maximum atomic E-state index is 13.0. The first-order chi connectivity index (χ1) is 20.9. The van der Waals surface area contributed by atoms with E-state index in [-0.39, 0.29) is 25.0 Å². The molecule has 2 aromatic carbocycles. The summed E-state index contributed by atoms with van der Waals surface area (Å²) in [6.45, 7) is 2.70. The lowest BCUT2D eigenvalue weighted by atomic mass is 10.1. The van der Waals surface area contributed by atoms with E-state index in [4.69, 9.17) is 26.1 Å². The van der Waals surface area contributed by atoms with Crippen molar-refractivity contribution in [3.8, 4) is 11.5 Å². The first-order valence-corrected chi connectivity index (χ1v) is 15.6. The predicted octanol–water partition coefficient (Wildman–Crippen LogP) is 5.72. The lowest BCUT2D eigenvalue weighted by molar-refractivity contribution is -0.122. The molecule has 0 unspecified atom stereocenters. The minimum atomic E-state index is -0.307. The summed E-state index contributed by atoms with van der Waals surface area (Å²) in [6.07, 6.45) is 4.17. The molecular weight excluding hydrogens is 605 g/mol. The summed E-state index contributed by atoms with van der Waals surface area (Å²) in [7, 11) is 1.52. The molecule has 6 rings (SSSR count). The lowest BCUT2D eigenvalue weighted by Crippen LogP contribution is -2.29. The molecule has 2 amide bonds. The second-order valence-electron chi connectivity index (χ2n) is 9.93. The zero-order chi connectivity index (χ0) is 29.8. The number of hydrogen-bond donors (Lipinski definition) is 1. The summed E-state index contributed by atoms with van der Waals surface area (Å²) >= 11 is 8.15. The van der Waals surface area contributed by atoms with Crippen LogP contribution in [0.3, 0.4) is 0 Å². The Hall–Kier alpha value is -3.97. The molecule has 2 aromatic heterocycles. The second kappa shape index (κ2) is 13.1. The molecule has 0 spiro atoms. The number of fused-ring (bicyclic) bond motifs is 1. The van der Waals surface area contributed by atoms with Crippen molar-refractivity contribution in [3.63, 3.8) is 0 Å². The van der Waals surface area contributed by atoms with E-state index in [1.807, 2.05) is 6.07 Å². The van der Waals surface area contributed by atoms with Crippen LogP contribution in [0.25, 0.3) is 6.08 Å². The Kier molecular flexibility index (Phi) is 8.89. The fourth-order valence-electron chi connectivity index (χ4n) is 4.82. The third-order valence-corrected chi connectivity index (χ3v) is 9.29. The van der Waals surface area contributed by atoms with E-state index < -0.39 is 0 Å². The molecule has 4 aromatic rings. The molecule has 12 heteroatoms. The van der Waals surface area contributed by atoms with E-state index in [9.17, 15) is 9.59 Å². The van der Waals surface area contributed by atoms with Gasteiger partial charge in [-0.15, -0.1) is 11.3 Å². The van der Waals surface area contributed by atoms with Crippen LogP contribution in [0.5, 0.6) is 11.5 Å². The van der Waals surface area contributed by atoms with Crippen LogP contribution in [0.1, 0.15) is 27.5 Å². The predicted molar refractivity (Wildman–Crippen MR) is 171 cm³/mol. The van der Waals surface area contributed by atoms with Crippen LogP contribution in [0, 0.1) is 0 Å². The monoisotopic (exact) mass is 632 g/mol. The highest BCUT2D eigenvalue weighted by Gasteiger charge is 2.32. The maximum absolute atomic E-state index is 13.0. The minimum absolute atomic E-state index is 0.185. The third-order valence-electron chi connectivity index (χ3n) is 6.92. The number of furan rings is 1. The third kappa shape index (κ3) is 6.99. The molecule has 0 aliphatic carbocycles. The number of ether oxygens (including phenoxy) is 2. The molecule has 1 saturated heterocycles. The van der Waals surface area contributed by atoms with Gasteiger partial charge in [-0.25, -0.2) is 4.98 Å². The highest BCUT2D eigenvalue weighted by molar-refractivity contribution is 8.26. The van der Waals surface area contributed by atoms with Crippen molar-refractivity contribution in [3.05, 3.63) is 99.3 Å². The molecular formula is C31H28N4O5S3. The van der Waals surface area contributed by atoms with E-state index in [0.717, 1.165) is 37.3 Å². The number of amides is 2. The smallest absolute Gasteiger partial charge is 0.266 e. The molecule has 1 fully saturated rings. The van der Waals surface area contributed by atoms with Gasteiger partial charge in [-0.2, -0.15) is 0 Å². The van der Waals surface area contributed by atoms with E-state index in [1.165, 1.54) is 45.5 Å². The number of nitrogens with zero attached hydrogens (tertiary/aromatic N) is 3. The molecule has 43 heavy (non-hydrogen) atoms. The Morgan fingerprint density at radius 2 is 2.00 bits per heavy atom. The standard InChI is InChI=1S/C31H28N4O5S3/c1-38-25-14-21(15-26-29(37)35(31(41)43-26)17-22-8-5-13-39-22)9-10-24(25)40-19-28(36)33-30-32-23-11-12-34(18-27(23)42-30)16-20-6-3-2-4-7-20/h2-10,13-15H,11-12,16-19H2,1H3,(H,32,33,36)/b26-15-. The fourth-order valence-corrected chi connectivity index (χ4v) is 7.14. The lowest BCUT2D eigenvalue weighted by Gasteiger charge is -2.25. The quantitative estimate of drug-likeness (QED) is 0.174. The Morgan fingerprint density at radius 3 is 2.79 bits per heavy atom. The van der Waals surface area contributed by atoms with Gasteiger partial charge in [0.1, 0.15) is 10.1 Å². The van der Waals surface area contributed by atoms with Crippen molar-refractivity contribution in [2.45, 2.75) is 26.1 Å². The van der Waals surface area contributed by atoms with E-state index in [1.54, 1.807) is 42.7 Å². The van der Waals surface area contributed by atoms with Gasteiger partial charge in [-0.3, -0.25) is 24.7 Å². The van der Waals surface area contributed by atoms with Gasteiger partial charge in [0.2, 0.25) is 0 Å². The van der Waals surface area contributed by atoms with Crippen molar-refractivity contribution >= 4 is 62.7 Å². The molecule has 2 aliphatic rings. The average Bonchev–Trinajstić information content (AvgIpc) is 3.73. The summed E-state index contributed by atoms with van der Waals surface area (Å²) in [5, 5.41) is 3.45. The van der Waals surface area contributed by atoms with Crippen molar-refractivity contribution in [1.29, 1.82) is 0 Å². The van der Waals surface area contributed by atoms with Crippen LogP contribution in [-0.4, -0.2) is 51.2 Å². The van der Waals surface area contributed by atoms with Crippen molar-refractivity contribution < 1.29 is 23.5 Å². The zero-order valence-corrected chi connectivity index (χ0v) is 25.7. The Labute approximate surface area is 262 Å². The zero-order valence-electron chi connectivity index (χ0n) is 23.3. The summed E-state index contributed by atoms with van der Waals surface area (Å²) in [6, 6.07) is 19.2. The number of methoxy groups -OCH3 is 1. The molecule has 9 nitrogen and oxygen atoms in total. The molecule has 1 N–H and O–H groups in total. The van der Waals surface area contributed by atoms with Crippen LogP contribution in [0.2, 0.25) is 0 Å². The molecule has 0 bridgehead atoms. The number of rotatable bonds is 10. The fraction of sp³-hybridized carbons (Fsp3) is 0.226. The normalized spacial score (nSPS) is 16.0. The number of thiazole rings is 1. The Morgan fingerprint density at radius 1 is 1.14 bits per heavy atom. The summed E-state index contributed by atoms with van der Waals surface area (Å²) < 4.78 is 17.1. The average molecular weight is 633 g/mol. The summed E-state index contributed by atoms with van der Waals surface area (Å²) in [5.41, 5.74) is 3.06. The summed E-state index contributed by atoms with van der Waals surface area (Å²) in [5.74, 6) is 1.02. The van der Waals surface area contributed by atoms with Gasteiger partial charge < -0.3 is 13.9 Å².